The van der Waals surface area contributed by atoms with Crippen LogP contribution in [0.5, 0.6) is 0 Å². The zero-order valence-corrected chi connectivity index (χ0v) is 14.0. The second kappa shape index (κ2) is 6.62. The van der Waals surface area contributed by atoms with Crippen LogP contribution >= 0.6 is 11.6 Å². The van der Waals surface area contributed by atoms with Crippen LogP contribution in [0.2, 0.25) is 5.02 Å². The van der Waals surface area contributed by atoms with E-state index in [1.807, 2.05) is 24.3 Å². The molecule has 4 nitrogen and oxygen atoms in total. The molecule has 1 aromatic heterocycles. The molecule has 4 rings (SSSR count). The average molecular weight is 332 g/mol. The summed E-state index contributed by atoms with van der Waals surface area (Å²) in [5.41, 5.74) is 0.940. The first kappa shape index (κ1) is 15.2. The molecule has 23 heavy (non-hydrogen) atoms. The molecule has 2 atom stereocenters. The van der Waals surface area contributed by atoms with Crippen molar-refractivity contribution in [1.29, 1.82) is 0 Å². The molecule has 0 amide bonds. The van der Waals surface area contributed by atoms with E-state index in [-0.39, 0.29) is 0 Å². The highest BCUT2D eigenvalue weighted by Crippen LogP contribution is 2.36. The maximum atomic E-state index is 5.92. The molecular weight excluding hydrogens is 310 g/mol. The summed E-state index contributed by atoms with van der Waals surface area (Å²) in [5.74, 6) is 3.18. The molecule has 2 fully saturated rings. The molecule has 2 aliphatic rings. The smallest absolute Gasteiger partial charge is 0.241 e. The zero-order chi connectivity index (χ0) is 15.6. The van der Waals surface area contributed by atoms with Crippen LogP contribution < -0.4 is 0 Å². The molecule has 1 aliphatic carbocycles. The average Bonchev–Trinajstić information content (AvgIpc) is 3.04. The summed E-state index contributed by atoms with van der Waals surface area (Å²) in [6.07, 6.45) is 6.97. The minimum atomic E-state index is 0.643. The number of hydrogen-bond donors (Lipinski definition) is 0. The monoisotopic (exact) mass is 331 g/mol. The molecule has 5 heteroatoms. The van der Waals surface area contributed by atoms with Gasteiger partial charge in [0.05, 0.1) is 6.54 Å². The molecule has 1 aromatic carbocycles. The Balaban J connectivity index is 1.40. The lowest BCUT2D eigenvalue weighted by Crippen LogP contribution is -2.41. The molecule has 122 valence electrons. The minimum absolute atomic E-state index is 0.643. The van der Waals surface area contributed by atoms with Crippen molar-refractivity contribution in [3.63, 3.8) is 0 Å². The number of hydrogen-bond acceptors (Lipinski definition) is 4. The van der Waals surface area contributed by atoms with Gasteiger partial charge in [0, 0.05) is 17.1 Å². The van der Waals surface area contributed by atoms with E-state index >= 15 is 0 Å². The van der Waals surface area contributed by atoms with Gasteiger partial charge < -0.3 is 4.52 Å². The van der Waals surface area contributed by atoms with Crippen LogP contribution in [0.1, 0.15) is 38.0 Å². The number of piperidine rings is 1. The van der Waals surface area contributed by atoms with E-state index in [2.05, 4.69) is 15.0 Å². The van der Waals surface area contributed by atoms with Crippen LogP contribution in [0.3, 0.4) is 0 Å². The lowest BCUT2D eigenvalue weighted by atomic mass is 9.75. The predicted octanol–water partition coefficient (Wildman–Crippen LogP) is 4.40. The van der Waals surface area contributed by atoms with Gasteiger partial charge in [-0.05, 0) is 55.5 Å². The third kappa shape index (κ3) is 3.43. The number of likely N-dealkylation sites (tertiary alicyclic amines) is 1. The second-order valence-corrected chi connectivity index (χ2v) is 7.28. The Kier molecular flexibility index (Phi) is 4.36. The summed E-state index contributed by atoms with van der Waals surface area (Å²) in [6, 6.07) is 7.54. The largest absolute Gasteiger partial charge is 0.338 e. The van der Waals surface area contributed by atoms with Crippen LogP contribution in [0.4, 0.5) is 0 Å². The normalized spacial score (nSPS) is 25.3. The zero-order valence-electron chi connectivity index (χ0n) is 13.2. The number of fused-ring (bicyclic) bond motifs is 1. The first-order chi connectivity index (χ1) is 11.3. The van der Waals surface area contributed by atoms with Crippen molar-refractivity contribution in [1.82, 2.24) is 15.0 Å². The van der Waals surface area contributed by atoms with E-state index in [4.69, 9.17) is 16.1 Å². The van der Waals surface area contributed by atoms with E-state index in [0.717, 1.165) is 30.5 Å². The third-order valence-electron chi connectivity index (χ3n) is 5.30. The molecule has 0 unspecified atom stereocenters. The van der Waals surface area contributed by atoms with Gasteiger partial charge >= 0.3 is 0 Å². The summed E-state index contributed by atoms with van der Waals surface area (Å²) in [6.45, 7) is 3.10. The summed E-state index contributed by atoms with van der Waals surface area (Å²) in [5, 5.41) is 4.82. The van der Waals surface area contributed by atoms with Gasteiger partial charge in [-0.25, -0.2) is 0 Å². The maximum Gasteiger partial charge on any atom is 0.241 e. The maximum absolute atomic E-state index is 5.92. The molecule has 2 aromatic rings. The number of benzene rings is 1. The standard InChI is InChI=1S/C18H22ClN3O/c19-16-7-5-14(6-8-16)18-20-17(23-21-18)12-22-10-9-13-3-1-2-4-15(13)11-22/h5-8,13,15H,1-4,9-12H2/t13-,15-/m1/s1. The fourth-order valence-corrected chi connectivity index (χ4v) is 4.17. The third-order valence-corrected chi connectivity index (χ3v) is 5.56. The van der Waals surface area contributed by atoms with Crippen molar-refractivity contribution in [3.05, 3.63) is 35.2 Å². The van der Waals surface area contributed by atoms with Gasteiger partial charge in [0.2, 0.25) is 11.7 Å². The molecule has 1 saturated carbocycles. The van der Waals surface area contributed by atoms with Gasteiger partial charge in [0.15, 0.2) is 0 Å². The fourth-order valence-electron chi connectivity index (χ4n) is 4.05. The summed E-state index contributed by atoms with van der Waals surface area (Å²) >= 11 is 5.92. The van der Waals surface area contributed by atoms with Crippen molar-refractivity contribution >= 4 is 11.6 Å². The number of rotatable bonds is 3. The van der Waals surface area contributed by atoms with Gasteiger partial charge in [0.1, 0.15) is 0 Å². The SMILES string of the molecule is Clc1ccc(-c2noc(CN3CC[C@H]4CCCC[C@@H]4C3)n2)cc1. The Morgan fingerprint density at radius 2 is 1.87 bits per heavy atom. The minimum Gasteiger partial charge on any atom is -0.338 e. The topological polar surface area (TPSA) is 42.2 Å². The predicted molar refractivity (Wildman–Crippen MR) is 90.1 cm³/mol. The Morgan fingerprint density at radius 1 is 1.09 bits per heavy atom. The first-order valence-electron chi connectivity index (χ1n) is 8.59. The number of aromatic nitrogens is 2. The summed E-state index contributed by atoms with van der Waals surface area (Å²) in [4.78, 5) is 7.02. The Morgan fingerprint density at radius 3 is 2.70 bits per heavy atom. The molecule has 1 aliphatic heterocycles. The molecule has 0 bridgehead atoms. The van der Waals surface area contributed by atoms with Crippen molar-refractivity contribution in [2.24, 2.45) is 11.8 Å². The molecular formula is C18H22ClN3O. The Hall–Kier alpha value is -1.39. The van der Waals surface area contributed by atoms with Crippen LogP contribution in [0, 0.1) is 11.8 Å². The van der Waals surface area contributed by atoms with Crippen LogP contribution in [0.15, 0.2) is 28.8 Å². The highest BCUT2D eigenvalue weighted by atomic mass is 35.5. The van der Waals surface area contributed by atoms with E-state index in [0.29, 0.717) is 16.7 Å². The van der Waals surface area contributed by atoms with Gasteiger partial charge in [-0.1, -0.05) is 36.0 Å². The highest BCUT2D eigenvalue weighted by Gasteiger charge is 2.31. The van der Waals surface area contributed by atoms with Crippen LogP contribution in [-0.4, -0.2) is 28.1 Å². The van der Waals surface area contributed by atoms with E-state index in [1.54, 1.807) is 0 Å². The molecule has 0 radical (unpaired) electrons. The summed E-state index contributed by atoms with van der Waals surface area (Å²) < 4.78 is 5.45. The Labute approximate surface area is 141 Å². The second-order valence-electron chi connectivity index (χ2n) is 6.85. The van der Waals surface area contributed by atoms with Crippen molar-refractivity contribution < 1.29 is 4.52 Å². The van der Waals surface area contributed by atoms with Gasteiger partial charge in [-0.15, -0.1) is 0 Å². The molecule has 2 heterocycles. The van der Waals surface area contributed by atoms with Gasteiger partial charge in [-0.3, -0.25) is 4.90 Å². The number of halogens is 1. The van der Waals surface area contributed by atoms with Crippen molar-refractivity contribution in [3.8, 4) is 11.4 Å². The molecule has 1 saturated heterocycles. The van der Waals surface area contributed by atoms with E-state index < -0.39 is 0 Å². The van der Waals surface area contributed by atoms with E-state index in [9.17, 15) is 0 Å². The van der Waals surface area contributed by atoms with Crippen molar-refractivity contribution in [2.45, 2.75) is 38.6 Å². The van der Waals surface area contributed by atoms with E-state index in [1.165, 1.54) is 38.6 Å². The Bertz CT molecular complexity index is 655. The lowest BCUT2D eigenvalue weighted by Gasteiger charge is -2.40. The molecule has 0 N–H and O–H groups in total. The summed E-state index contributed by atoms with van der Waals surface area (Å²) in [7, 11) is 0. The first-order valence-corrected chi connectivity index (χ1v) is 8.96. The van der Waals surface area contributed by atoms with Crippen LogP contribution in [-0.2, 0) is 6.54 Å². The highest BCUT2D eigenvalue weighted by molar-refractivity contribution is 6.30. The fraction of sp³-hybridized carbons (Fsp3) is 0.556. The molecule has 0 spiro atoms. The van der Waals surface area contributed by atoms with Gasteiger partial charge in [0.25, 0.3) is 0 Å². The van der Waals surface area contributed by atoms with Crippen molar-refractivity contribution in [2.75, 3.05) is 13.1 Å². The quantitative estimate of drug-likeness (QED) is 0.835. The number of nitrogens with zero attached hydrogens (tertiary/aromatic N) is 3. The van der Waals surface area contributed by atoms with Crippen LogP contribution in [0.25, 0.3) is 11.4 Å². The lowest BCUT2D eigenvalue weighted by molar-refractivity contribution is 0.0747. The van der Waals surface area contributed by atoms with Gasteiger partial charge in [-0.2, -0.15) is 4.98 Å².